The van der Waals surface area contributed by atoms with Crippen LogP contribution in [-0.2, 0) is 0 Å². The largest absolute Gasteiger partial charge is 0.385 e. The lowest BCUT2D eigenvalue weighted by Gasteiger charge is -2.27. The minimum atomic E-state index is -0.717. The fourth-order valence-electron chi connectivity index (χ4n) is 2.45. The number of rotatable bonds is 3. The summed E-state index contributed by atoms with van der Waals surface area (Å²) in [5.41, 5.74) is 1.48. The third-order valence-corrected chi connectivity index (χ3v) is 3.69. The average molecular weight is 266 g/mol. The Bertz CT molecular complexity index is 538. The lowest BCUT2D eigenvalue weighted by atomic mass is 9.84. The molecule has 0 saturated heterocycles. The number of aliphatic hydroxyl groups is 1. The molecular formula is C19H22O. The Balaban J connectivity index is 1.90. The van der Waals surface area contributed by atoms with E-state index in [-0.39, 0.29) is 0 Å². The predicted octanol–water partition coefficient (Wildman–Crippen LogP) is 4.24. The summed E-state index contributed by atoms with van der Waals surface area (Å²) in [6, 6.07) is 9.92. The highest BCUT2D eigenvalue weighted by Gasteiger charge is 2.24. The zero-order valence-corrected chi connectivity index (χ0v) is 12.1. The van der Waals surface area contributed by atoms with Gasteiger partial charge in [0, 0.05) is 5.56 Å². The van der Waals surface area contributed by atoms with Crippen LogP contribution in [0.1, 0.15) is 44.6 Å². The molecule has 104 valence electrons. The molecule has 0 heterocycles. The van der Waals surface area contributed by atoms with E-state index in [1.54, 1.807) is 0 Å². The molecule has 2 rings (SSSR count). The first-order valence-corrected chi connectivity index (χ1v) is 7.32. The standard InChI is InChI=1S/C19H22O/c1-19(20,18-14-8-3-9-15-18)16-10-4-7-13-17-11-5-2-6-12-17/h2,4-6,10-12,14,20H,3,8-9,15-16H2,1H3/b10-4+/t19-/m1/s1. The Morgan fingerprint density at radius 1 is 1.25 bits per heavy atom. The molecule has 1 aromatic carbocycles. The smallest absolute Gasteiger partial charge is 0.0863 e. The maximum Gasteiger partial charge on any atom is 0.0863 e. The van der Waals surface area contributed by atoms with Gasteiger partial charge in [-0.3, -0.25) is 0 Å². The number of allylic oxidation sites excluding steroid dienone is 2. The molecule has 0 amide bonds. The summed E-state index contributed by atoms with van der Waals surface area (Å²) in [4.78, 5) is 0. The maximum absolute atomic E-state index is 10.5. The quantitative estimate of drug-likeness (QED) is 0.641. The highest BCUT2D eigenvalue weighted by molar-refractivity contribution is 5.36. The highest BCUT2D eigenvalue weighted by atomic mass is 16.3. The van der Waals surface area contributed by atoms with Crippen molar-refractivity contribution in [2.75, 3.05) is 0 Å². The molecule has 0 spiro atoms. The third kappa shape index (κ3) is 4.40. The maximum atomic E-state index is 10.5. The van der Waals surface area contributed by atoms with Gasteiger partial charge in [0.25, 0.3) is 0 Å². The van der Waals surface area contributed by atoms with Crippen LogP contribution in [0.3, 0.4) is 0 Å². The van der Waals surface area contributed by atoms with Gasteiger partial charge >= 0.3 is 0 Å². The minimum Gasteiger partial charge on any atom is -0.385 e. The first-order valence-electron chi connectivity index (χ1n) is 7.32. The van der Waals surface area contributed by atoms with Crippen molar-refractivity contribution >= 4 is 0 Å². The van der Waals surface area contributed by atoms with Gasteiger partial charge < -0.3 is 5.11 Å². The molecule has 0 aliphatic heterocycles. The van der Waals surface area contributed by atoms with Crippen molar-refractivity contribution in [1.82, 2.24) is 0 Å². The van der Waals surface area contributed by atoms with Crippen LogP contribution in [0.15, 0.2) is 54.1 Å². The molecule has 1 atom stereocenters. The van der Waals surface area contributed by atoms with E-state index in [1.165, 1.54) is 18.4 Å². The molecule has 0 bridgehead atoms. The van der Waals surface area contributed by atoms with E-state index in [4.69, 9.17) is 0 Å². The Labute approximate surface area is 122 Å². The topological polar surface area (TPSA) is 20.2 Å². The van der Waals surface area contributed by atoms with Crippen LogP contribution in [0.25, 0.3) is 0 Å². The van der Waals surface area contributed by atoms with Gasteiger partial charge in [0.05, 0.1) is 5.60 Å². The summed E-state index contributed by atoms with van der Waals surface area (Å²) < 4.78 is 0. The molecule has 1 aliphatic rings. The van der Waals surface area contributed by atoms with E-state index in [9.17, 15) is 5.11 Å². The molecule has 1 aromatic rings. The summed E-state index contributed by atoms with van der Waals surface area (Å²) in [5.74, 6) is 6.09. The van der Waals surface area contributed by atoms with Gasteiger partial charge in [-0.2, -0.15) is 0 Å². The number of benzene rings is 1. The van der Waals surface area contributed by atoms with Gasteiger partial charge in [-0.1, -0.05) is 42.2 Å². The van der Waals surface area contributed by atoms with Crippen molar-refractivity contribution in [1.29, 1.82) is 0 Å². The Morgan fingerprint density at radius 3 is 2.75 bits per heavy atom. The Kier molecular flexibility index (Phi) is 5.21. The van der Waals surface area contributed by atoms with E-state index < -0.39 is 5.60 Å². The van der Waals surface area contributed by atoms with Crippen LogP contribution in [0.4, 0.5) is 0 Å². The van der Waals surface area contributed by atoms with Crippen molar-refractivity contribution in [2.45, 2.75) is 44.6 Å². The van der Waals surface area contributed by atoms with Crippen molar-refractivity contribution in [3.05, 3.63) is 59.7 Å². The third-order valence-electron chi connectivity index (χ3n) is 3.69. The molecule has 1 N–H and O–H groups in total. The predicted molar refractivity (Wildman–Crippen MR) is 84.3 cm³/mol. The van der Waals surface area contributed by atoms with Gasteiger partial charge in [0.15, 0.2) is 0 Å². The SMILES string of the molecule is C[C@@](O)(C/C=C/C#Cc1ccccc1)C1=CCCCC1. The van der Waals surface area contributed by atoms with E-state index in [2.05, 4.69) is 17.9 Å². The molecule has 1 heteroatoms. The Hall–Kier alpha value is -1.78. The van der Waals surface area contributed by atoms with Gasteiger partial charge in [-0.05, 0) is 62.8 Å². The molecule has 1 aliphatic carbocycles. The van der Waals surface area contributed by atoms with Gasteiger partial charge in [0.2, 0.25) is 0 Å². The number of hydrogen-bond acceptors (Lipinski definition) is 1. The average Bonchev–Trinajstić information content (AvgIpc) is 2.49. The van der Waals surface area contributed by atoms with E-state index in [1.807, 2.05) is 49.4 Å². The molecular weight excluding hydrogens is 244 g/mol. The molecule has 0 aromatic heterocycles. The van der Waals surface area contributed by atoms with E-state index in [0.717, 1.165) is 18.4 Å². The summed E-state index contributed by atoms with van der Waals surface area (Å²) in [6.07, 6.45) is 11.2. The van der Waals surface area contributed by atoms with Gasteiger partial charge in [-0.15, -0.1) is 0 Å². The van der Waals surface area contributed by atoms with Crippen molar-refractivity contribution < 1.29 is 5.11 Å². The van der Waals surface area contributed by atoms with Crippen molar-refractivity contribution in [2.24, 2.45) is 0 Å². The summed E-state index contributed by atoms with van der Waals surface area (Å²) in [6.45, 7) is 1.90. The molecule has 0 unspecified atom stereocenters. The van der Waals surface area contributed by atoms with Crippen LogP contribution in [0.2, 0.25) is 0 Å². The summed E-state index contributed by atoms with van der Waals surface area (Å²) >= 11 is 0. The Morgan fingerprint density at radius 2 is 2.05 bits per heavy atom. The second-order valence-corrected chi connectivity index (χ2v) is 5.49. The highest BCUT2D eigenvalue weighted by Crippen LogP contribution is 2.29. The molecule has 0 fully saturated rings. The van der Waals surface area contributed by atoms with Crippen molar-refractivity contribution in [3.63, 3.8) is 0 Å². The molecule has 20 heavy (non-hydrogen) atoms. The van der Waals surface area contributed by atoms with Crippen LogP contribution < -0.4 is 0 Å². The van der Waals surface area contributed by atoms with Gasteiger partial charge in [0.1, 0.15) is 0 Å². The molecule has 0 saturated carbocycles. The summed E-state index contributed by atoms with van der Waals surface area (Å²) in [5, 5.41) is 10.5. The monoisotopic (exact) mass is 266 g/mol. The van der Waals surface area contributed by atoms with Crippen LogP contribution >= 0.6 is 0 Å². The fourth-order valence-corrected chi connectivity index (χ4v) is 2.45. The molecule has 1 nitrogen and oxygen atoms in total. The van der Waals surface area contributed by atoms with E-state index >= 15 is 0 Å². The first-order chi connectivity index (χ1) is 9.68. The minimum absolute atomic E-state index is 0.627. The second-order valence-electron chi connectivity index (χ2n) is 5.49. The molecule has 0 radical (unpaired) electrons. The zero-order valence-electron chi connectivity index (χ0n) is 12.1. The normalized spacial score (nSPS) is 18.0. The summed E-state index contributed by atoms with van der Waals surface area (Å²) in [7, 11) is 0. The van der Waals surface area contributed by atoms with E-state index in [0.29, 0.717) is 6.42 Å². The van der Waals surface area contributed by atoms with Crippen LogP contribution in [-0.4, -0.2) is 10.7 Å². The first kappa shape index (κ1) is 14.6. The fraction of sp³-hybridized carbons (Fsp3) is 0.368. The van der Waals surface area contributed by atoms with Crippen molar-refractivity contribution in [3.8, 4) is 11.8 Å². The zero-order chi connectivity index (χ0) is 14.3. The van der Waals surface area contributed by atoms with Crippen LogP contribution in [0.5, 0.6) is 0 Å². The van der Waals surface area contributed by atoms with Crippen LogP contribution in [0, 0.1) is 11.8 Å². The van der Waals surface area contributed by atoms with Gasteiger partial charge in [-0.25, -0.2) is 0 Å². The number of hydrogen-bond donors (Lipinski definition) is 1. The second kappa shape index (κ2) is 7.12. The lowest BCUT2D eigenvalue weighted by Crippen LogP contribution is -2.27. The lowest BCUT2D eigenvalue weighted by molar-refractivity contribution is 0.0962.